The van der Waals surface area contributed by atoms with E-state index in [0.717, 1.165) is 22.0 Å². The van der Waals surface area contributed by atoms with E-state index in [1.54, 1.807) is 18.2 Å². The zero-order valence-electron chi connectivity index (χ0n) is 12.4. The van der Waals surface area contributed by atoms with Crippen LogP contribution in [0.3, 0.4) is 0 Å². The van der Waals surface area contributed by atoms with Gasteiger partial charge in [-0.1, -0.05) is 23.8 Å². The van der Waals surface area contributed by atoms with Gasteiger partial charge in [0.25, 0.3) is 0 Å². The molecule has 0 spiro atoms. The van der Waals surface area contributed by atoms with Gasteiger partial charge in [-0.15, -0.1) is 0 Å². The average molecular weight is 297 g/mol. The minimum atomic E-state index is -0.933. The van der Waals surface area contributed by atoms with Gasteiger partial charge in [0.1, 0.15) is 5.82 Å². The molecule has 0 saturated carbocycles. The minimum Gasteiger partial charge on any atom is -0.481 e. The second-order valence-electron chi connectivity index (χ2n) is 5.53. The quantitative estimate of drug-likeness (QED) is 0.760. The summed E-state index contributed by atoms with van der Waals surface area (Å²) < 4.78 is 14.1. The summed E-state index contributed by atoms with van der Waals surface area (Å²) in [5.41, 5.74) is 4.50. The lowest BCUT2D eigenvalue weighted by atomic mass is 10.00. The maximum absolute atomic E-state index is 14.1. The number of aryl methyl sites for hydroxylation is 2. The summed E-state index contributed by atoms with van der Waals surface area (Å²) in [6, 6.07) is 10.4. The predicted molar refractivity (Wildman–Crippen MR) is 84.5 cm³/mol. The van der Waals surface area contributed by atoms with E-state index in [2.05, 4.69) is 4.98 Å². The normalized spacial score (nSPS) is 11.0. The van der Waals surface area contributed by atoms with Gasteiger partial charge in [-0.25, -0.2) is 4.39 Å². The van der Waals surface area contributed by atoms with Crippen molar-refractivity contribution in [2.45, 2.75) is 20.3 Å². The third-order valence-corrected chi connectivity index (χ3v) is 3.83. The molecule has 2 aromatic carbocycles. The molecular formula is C18H16FNO2. The van der Waals surface area contributed by atoms with Crippen molar-refractivity contribution in [3.05, 3.63) is 58.9 Å². The van der Waals surface area contributed by atoms with Crippen LogP contribution in [0.25, 0.3) is 22.2 Å². The molecule has 0 saturated heterocycles. The molecular weight excluding hydrogens is 281 g/mol. The van der Waals surface area contributed by atoms with E-state index in [4.69, 9.17) is 0 Å². The topological polar surface area (TPSA) is 53.1 Å². The fraction of sp³-hybridized carbons (Fsp3) is 0.167. The zero-order valence-corrected chi connectivity index (χ0v) is 12.4. The number of fused-ring (bicyclic) bond motifs is 1. The number of carbonyl (C=O) groups is 1. The molecule has 3 aromatic rings. The summed E-state index contributed by atoms with van der Waals surface area (Å²) in [7, 11) is 0. The number of carboxylic acid groups (broad SMARTS) is 1. The van der Waals surface area contributed by atoms with Crippen molar-refractivity contribution in [1.82, 2.24) is 4.98 Å². The van der Waals surface area contributed by atoms with Crippen LogP contribution in [0.2, 0.25) is 0 Å². The van der Waals surface area contributed by atoms with Crippen LogP contribution < -0.4 is 0 Å². The van der Waals surface area contributed by atoms with Crippen molar-refractivity contribution in [1.29, 1.82) is 0 Å². The van der Waals surface area contributed by atoms with Crippen molar-refractivity contribution in [2.75, 3.05) is 0 Å². The number of hydrogen-bond donors (Lipinski definition) is 2. The lowest BCUT2D eigenvalue weighted by molar-refractivity contribution is -0.136. The van der Waals surface area contributed by atoms with E-state index in [1.807, 2.05) is 26.0 Å². The second kappa shape index (κ2) is 5.30. The Morgan fingerprint density at radius 1 is 1.23 bits per heavy atom. The number of hydrogen-bond acceptors (Lipinski definition) is 1. The van der Waals surface area contributed by atoms with Crippen LogP contribution in [-0.4, -0.2) is 16.1 Å². The lowest BCUT2D eigenvalue weighted by Gasteiger charge is -2.04. The molecule has 0 radical (unpaired) electrons. The first-order chi connectivity index (χ1) is 10.5. The first-order valence-electron chi connectivity index (χ1n) is 7.06. The van der Waals surface area contributed by atoms with Gasteiger partial charge in [0.15, 0.2) is 0 Å². The van der Waals surface area contributed by atoms with Crippen molar-refractivity contribution in [3.63, 3.8) is 0 Å². The van der Waals surface area contributed by atoms with Crippen molar-refractivity contribution >= 4 is 16.9 Å². The first kappa shape index (κ1) is 14.3. The molecule has 0 amide bonds. The standard InChI is InChI=1S/C18H16FNO2/c1-10-7-11(2)17-13(8-10)14(9-16(21)22)18(20-17)12-5-3-4-6-15(12)19/h3-8,20H,9H2,1-2H3,(H,21,22). The van der Waals surface area contributed by atoms with E-state index in [9.17, 15) is 14.3 Å². The third kappa shape index (κ3) is 2.37. The second-order valence-corrected chi connectivity index (χ2v) is 5.53. The van der Waals surface area contributed by atoms with E-state index in [1.165, 1.54) is 6.07 Å². The molecule has 0 atom stereocenters. The summed E-state index contributed by atoms with van der Waals surface area (Å²) in [5, 5.41) is 10.1. The van der Waals surface area contributed by atoms with Crippen LogP contribution in [0, 0.1) is 19.7 Å². The lowest BCUT2D eigenvalue weighted by Crippen LogP contribution is -2.01. The number of rotatable bonds is 3. The number of halogens is 1. The smallest absolute Gasteiger partial charge is 0.307 e. The summed E-state index contributed by atoms with van der Waals surface area (Å²) >= 11 is 0. The van der Waals surface area contributed by atoms with Crippen LogP contribution in [0.15, 0.2) is 36.4 Å². The highest BCUT2D eigenvalue weighted by Gasteiger charge is 2.19. The molecule has 0 aliphatic rings. The summed E-state index contributed by atoms with van der Waals surface area (Å²) in [5.74, 6) is -1.30. The number of aromatic amines is 1. The molecule has 22 heavy (non-hydrogen) atoms. The third-order valence-electron chi connectivity index (χ3n) is 3.83. The van der Waals surface area contributed by atoms with Crippen LogP contribution >= 0.6 is 0 Å². The molecule has 1 aromatic heterocycles. The number of nitrogens with one attached hydrogen (secondary N) is 1. The molecule has 0 bridgehead atoms. The summed E-state index contributed by atoms with van der Waals surface area (Å²) in [6.45, 7) is 3.92. The Morgan fingerprint density at radius 3 is 2.64 bits per heavy atom. The molecule has 0 fully saturated rings. The van der Waals surface area contributed by atoms with Crippen molar-refractivity contribution in [2.24, 2.45) is 0 Å². The van der Waals surface area contributed by atoms with Crippen LogP contribution in [0.1, 0.15) is 16.7 Å². The van der Waals surface area contributed by atoms with Gasteiger partial charge in [0, 0.05) is 16.5 Å². The van der Waals surface area contributed by atoms with Gasteiger partial charge >= 0.3 is 5.97 Å². The Hall–Kier alpha value is -2.62. The maximum atomic E-state index is 14.1. The molecule has 4 heteroatoms. The van der Waals surface area contributed by atoms with Gasteiger partial charge in [0.05, 0.1) is 12.1 Å². The van der Waals surface area contributed by atoms with Crippen LogP contribution in [-0.2, 0) is 11.2 Å². The Bertz CT molecular complexity index is 880. The first-order valence-corrected chi connectivity index (χ1v) is 7.06. The molecule has 1 heterocycles. The Kier molecular flexibility index (Phi) is 3.45. The highest BCUT2D eigenvalue weighted by Crippen LogP contribution is 2.34. The average Bonchev–Trinajstić information content (AvgIpc) is 2.78. The summed E-state index contributed by atoms with van der Waals surface area (Å²) in [4.78, 5) is 14.5. The zero-order chi connectivity index (χ0) is 15.9. The predicted octanol–water partition coefficient (Wildman–Crippen LogP) is 4.22. The Labute approximate surface area is 127 Å². The number of aliphatic carboxylic acids is 1. The fourth-order valence-corrected chi connectivity index (χ4v) is 2.94. The van der Waals surface area contributed by atoms with Gasteiger partial charge in [-0.3, -0.25) is 4.79 Å². The number of carboxylic acids is 1. The van der Waals surface area contributed by atoms with Crippen LogP contribution in [0.5, 0.6) is 0 Å². The molecule has 112 valence electrons. The largest absolute Gasteiger partial charge is 0.481 e. The van der Waals surface area contributed by atoms with Gasteiger partial charge < -0.3 is 10.1 Å². The summed E-state index contributed by atoms with van der Waals surface area (Å²) in [6.07, 6.45) is -0.146. The molecule has 0 aliphatic carbocycles. The molecule has 0 unspecified atom stereocenters. The van der Waals surface area contributed by atoms with Crippen molar-refractivity contribution < 1.29 is 14.3 Å². The molecule has 3 rings (SSSR count). The number of aromatic nitrogens is 1. The van der Waals surface area contributed by atoms with E-state index in [0.29, 0.717) is 16.8 Å². The monoisotopic (exact) mass is 297 g/mol. The van der Waals surface area contributed by atoms with Gasteiger partial charge in [-0.05, 0) is 43.2 Å². The van der Waals surface area contributed by atoms with Gasteiger partial charge in [0.2, 0.25) is 0 Å². The highest BCUT2D eigenvalue weighted by molar-refractivity contribution is 5.95. The van der Waals surface area contributed by atoms with Crippen LogP contribution in [0.4, 0.5) is 4.39 Å². The Balaban J connectivity index is 2.36. The number of H-pyrrole nitrogens is 1. The maximum Gasteiger partial charge on any atom is 0.307 e. The van der Waals surface area contributed by atoms with E-state index < -0.39 is 5.97 Å². The van der Waals surface area contributed by atoms with E-state index >= 15 is 0 Å². The molecule has 0 aliphatic heterocycles. The number of benzene rings is 2. The highest BCUT2D eigenvalue weighted by atomic mass is 19.1. The van der Waals surface area contributed by atoms with Gasteiger partial charge in [-0.2, -0.15) is 0 Å². The molecule has 3 nitrogen and oxygen atoms in total. The fourth-order valence-electron chi connectivity index (χ4n) is 2.94. The minimum absolute atomic E-state index is 0.146. The Morgan fingerprint density at radius 2 is 1.95 bits per heavy atom. The van der Waals surface area contributed by atoms with E-state index in [-0.39, 0.29) is 12.2 Å². The molecule has 2 N–H and O–H groups in total. The SMILES string of the molecule is Cc1cc(C)c2[nH]c(-c3ccccc3F)c(CC(=O)O)c2c1. The van der Waals surface area contributed by atoms with Crippen molar-refractivity contribution in [3.8, 4) is 11.3 Å².